The standard InChI is InChI=1S/C22H15Cl2FN2OS/c23-16-8-7-15(19(24)11-16)13-29-22-26-20-4-2-1-3-18(20)21(28)27(22)12-14-5-9-17(25)10-6-14/h1-11H,12-13H2. The number of hydrogen-bond acceptors (Lipinski definition) is 3. The molecule has 3 aromatic carbocycles. The van der Waals surface area contributed by atoms with E-state index in [9.17, 15) is 9.18 Å². The fraction of sp³-hybridized carbons (Fsp3) is 0.0909. The number of fused-ring (bicyclic) bond motifs is 1. The van der Waals surface area contributed by atoms with E-state index in [-0.39, 0.29) is 11.4 Å². The Morgan fingerprint density at radius 2 is 1.76 bits per heavy atom. The normalized spacial score (nSPS) is 11.1. The molecule has 146 valence electrons. The predicted octanol–water partition coefficient (Wildman–Crippen LogP) is 6.18. The topological polar surface area (TPSA) is 34.9 Å². The molecular weight excluding hydrogens is 430 g/mol. The molecule has 1 aromatic heterocycles. The highest BCUT2D eigenvalue weighted by molar-refractivity contribution is 7.98. The Hall–Kier alpha value is -2.34. The molecule has 4 aromatic rings. The molecule has 0 atom stereocenters. The molecule has 29 heavy (non-hydrogen) atoms. The summed E-state index contributed by atoms with van der Waals surface area (Å²) in [7, 11) is 0. The lowest BCUT2D eigenvalue weighted by Crippen LogP contribution is -2.24. The Morgan fingerprint density at radius 3 is 2.52 bits per heavy atom. The maximum atomic E-state index is 13.3. The van der Waals surface area contributed by atoms with Gasteiger partial charge < -0.3 is 0 Å². The summed E-state index contributed by atoms with van der Waals surface area (Å²) in [6.07, 6.45) is 0. The highest BCUT2D eigenvalue weighted by Crippen LogP contribution is 2.28. The molecule has 0 saturated carbocycles. The molecule has 0 spiro atoms. The van der Waals surface area contributed by atoms with Crippen LogP contribution in [0.4, 0.5) is 4.39 Å². The van der Waals surface area contributed by atoms with Crippen molar-refractivity contribution in [3.8, 4) is 0 Å². The van der Waals surface area contributed by atoms with Crippen LogP contribution in [0.25, 0.3) is 10.9 Å². The number of thioether (sulfide) groups is 1. The quantitative estimate of drug-likeness (QED) is 0.272. The van der Waals surface area contributed by atoms with E-state index in [2.05, 4.69) is 0 Å². The first kappa shape index (κ1) is 20.0. The molecule has 7 heteroatoms. The average molecular weight is 445 g/mol. The van der Waals surface area contributed by atoms with E-state index in [4.69, 9.17) is 28.2 Å². The van der Waals surface area contributed by atoms with E-state index >= 15 is 0 Å². The summed E-state index contributed by atoms with van der Waals surface area (Å²) in [5, 5.41) is 2.26. The van der Waals surface area contributed by atoms with Crippen LogP contribution >= 0.6 is 35.0 Å². The maximum Gasteiger partial charge on any atom is 0.262 e. The van der Waals surface area contributed by atoms with Gasteiger partial charge in [-0.05, 0) is 47.5 Å². The summed E-state index contributed by atoms with van der Waals surface area (Å²) in [6, 6.07) is 18.7. The lowest BCUT2D eigenvalue weighted by Gasteiger charge is -2.14. The summed E-state index contributed by atoms with van der Waals surface area (Å²) in [5.74, 6) is 0.217. The van der Waals surface area contributed by atoms with Gasteiger partial charge in [0.05, 0.1) is 17.4 Å². The zero-order chi connectivity index (χ0) is 20.4. The van der Waals surface area contributed by atoms with Crippen molar-refractivity contribution in [3.05, 3.63) is 104 Å². The van der Waals surface area contributed by atoms with Crippen LogP contribution in [0.3, 0.4) is 0 Å². The number of nitrogens with zero attached hydrogens (tertiary/aromatic N) is 2. The minimum Gasteiger partial charge on any atom is -0.283 e. The molecule has 0 bridgehead atoms. The molecule has 0 unspecified atom stereocenters. The van der Waals surface area contributed by atoms with Crippen LogP contribution < -0.4 is 5.56 Å². The third kappa shape index (κ3) is 4.47. The van der Waals surface area contributed by atoms with Gasteiger partial charge in [0.1, 0.15) is 5.82 Å². The highest BCUT2D eigenvalue weighted by Gasteiger charge is 2.13. The number of halogens is 3. The number of para-hydroxylation sites is 1. The number of hydrogen-bond donors (Lipinski definition) is 0. The van der Waals surface area contributed by atoms with Gasteiger partial charge in [0.15, 0.2) is 5.16 Å². The Morgan fingerprint density at radius 1 is 1.00 bits per heavy atom. The van der Waals surface area contributed by atoms with Crippen LogP contribution in [0.1, 0.15) is 11.1 Å². The van der Waals surface area contributed by atoms with Gasteiger partial charge in [-0.1, -0.05) is 65.3 Å². The summed E-state index contributed by atoms with van der Waals surface area (Å²) in [5.41, 5.74) is 2.22. The lowest BCUT2D eigenvalue weighted by molar-refractivity contribution is 0.622. The van der Waals surface area contributed by atoms with Crippen LogP contribution in [-0.4, -0.2) is 9.55 Å². The van der Waals surface area contributed by atoms with Gasteiger partial charge in [-0.25, -0.2) is 9.37 Å². The second kappa shape index (κ2) is 8.57. The average Bonchev–Trinajstić information content (AvgIpc) is 2.71. The second-order valence-electron chi connectivity index (χ2n) is 6.45. The third-order valence-corrected chi connectivity index (χ3v) is 6.06. The van der Waals surface area contributed by atoms with Crippen LogP contribution in [0.5, 0.6) is 0 Å². The fourth-order valence-electron chi connectivity index (χ4n) is 2.95. The predicted molar refractivity (Wildman–Crippen MR) is 118 cm³/mol. The van der Waals surface area contributed by atoms with Crippen molar-refractivity contribution in [1.29, 1.82) is 0 Å². The molecule has 0 saturated heterocycles. The minimum atomic E-state index is -0.315. The van der Waals surface area contributed by atoms with Gasteiger partial charge in [0.25, 0.3) is 5.56 Å². The fourth-order valence-corrected chi connectivity index (χ4v) is 4.51. The number of aromatic nitrogens is 2. The summed E-state index contributed by atoms with van der Waals surface area (Å²) in [4.78, 5) is 17.8. The minimum absolute atomic E-state index is 0.135. The molecule has 0 aliphatic heterocycles. The maximum absolute atomic E-state index is 13.3. The van der Waals surface area contributed by atoms with E-state index in [1.165, 1.54) is 23.9 Å². The first-order valence-corrected chi connectivity index (χ1v) is 10.6. The smallest absolute Gasteiger partial charge is 0.262 e. The summed E-state index contributed by atoms with van der Waals surface area (Å²) in [6.45, 7) is 0.299. The third-order valence-electron chi connectivity index (χ3n) is 4.45. The van der Waals surface area contributed by atoms with Crippen LogP contribution in [0.15, 0.2) is 76.7 Å². The Kier molecular flexibility index (Phi) is 5.90. The Bertz CT molecular complexity index is 1240. The van der Waals surface area contributed by atoms with Crippen molar-refractivity contribution in [3.63, 3.8) is 0 Å². The van der Waals surface area contributed by atoms with Crippen molar-refractivity contribution < 1.29 is 4.39 Å². The van der Waals surface area contributed by atoms with E-state index < -0.39 is 0 Å². The van der Waals surface area contributed by atoms with Crippen LogP contribution in [-0.2, 0) is 12.3 Å². The van der Waals surface area contributed by atoms with E-state index in [0.717, 1.165) is 11.1 Å². The first-order valence-electron chi connectivity index (χ1n) is 8.82. The Labute approximate surface area is 181 Å². The molecule has 4 rings (SSSR count). The molecule has 0 radical (unpaired) electrons. The molecule has 3 nitrogen and oxygen atoms in total. The van der Waals surface area contributed by atoms with Crippen molar-refractivity contribution in [1.82, 2.24) is 9.55 Å². The molecule has 0 fully saturated rings. The zero-order valence-electron chi connectivity index (χ0n) is 15.1. The molecule has 0 aliphatic rings. The van der Waals surface area contributed by atoms with Crippen LogP contribution in [0.2, 0.25) is 10.0 Å². The van der Waals surface area contributed by atoms with Crippen LogP contribution in [0, 0.1) is 5.82 Å². The van der Waals surface area contributed by atoms with Crippen molar-refractivity contribution >= 4 is 45.9 Å². The molecule has 1 heterocycles. The second-order valence-corrected chi connectivity index (χ2v) is 8.24. The monoisotopic (exact) mass is 444 g/mol. The molecule has 0 amide bonds. The van der Waals surface area contributed by atoms with Gasteiger partial charge in [0, 0.05) is 15.8 Å². The largest absolute Gasteiger partial charge is 0.283 e. The summed E-state index contributed by atoms with van der Waals surface area (Å²) < 4.78 is 14.9. The number of benzene rings is 3. The van der Waals surface area contributed by atoms with E-state index in [1.54, 1.807) is 34.9 Å². The van der Waals surface area contributed by atoms with Gasteiger partial charge >= 0.3 is 0 Å². The SMILES string of the molecule is O=c1c2ccccc2nc(SCc2ccc(Cl)cc2Cl)n1Cc1ccc(F)cc1. The van der Waals surface area contributed by atoms with Gasteiger partial charge in [-0.3, -0.25) is 9.36 Å². The molecule has 0 aliphatic carbocycles. The number of rotatable bonds is 5. The van der Waals surface area contributed by atoms with Gasteiger partial charge in [0.2, 0.25) is 0 Å². The van der Waals surface area contributed by atoms with Gasteiger partial charge in [-0.15, -0.1) is 0 Å². The van der Waals surface area contributed by atoms with E-state index in [0.29, 0.717) is 38.4 Å². The van der Waals surface area contributed by atoms with Gasteiger partial charge in [-0.2, -0.15) is 0 Å². The lowest BCUT2D eigenvalue weighted by atomic mass is 10.2. The highest BCUT2D eigenvalue weighted by atomic mass is 35.5. The van der Waals surface area contributed by atoms with E-state index in [1.807, 2.05) is 24.3 Å². The molecule has 0 N–H and O–H groups in total. The van der Waals surface area contributed by atoms with Crippen molar-refractivity contribution in [2.45, 2.75) is 17.5 Å². The Balaban J connectivity index is 1.74. The zero-order valence-corrected chi connectivity index (χ0v) is 17.4. The van der Waals surface area contributed by atoms with Crippen molar-refractivity contribution in [2.24, 2.45) is 0 Å². The molecular formula is C22H15Cl2FN2OS. The van der Waals surface area contributed by atoms with Crippen molar-refractivity contribution in [2.75, 3.05) is 0 Å². The summed E-state index contributed by atoms with van der Waals surface area (Å²) >= 11 is 13.7. The first-order chi connectivity index (χ1) is 14.0.